The molecular formula is C15H19ClN2O2. The minimum absolute atomic E-state index is 0. The molecule has 1 aromatic carbocycles. The van der Waals surface area contributed by atoms with Gasteiger partial charge in [-0.15, -0.1) is 12.4 Å². The molecule has 108 valence electrons. The zero-order chi connectivity index (χ0) is 13.7. The molecule has 0 radical (unpaired) electrons. The molecule has 5 heteroatoms. The highest BCUT2D eigenvalue weighted by molar-refractivity contribution is 5.85. The molecule has 1 N–H and O–H groups in total. The van der Waals surface area contributed by atoms with Crippen molar-refractivity contribution in [3.8, 4) is 0 Å². The molecule has 1 heterocycles. The van der Waals surface area contributed by atoms with Crippen LogP contribution in [0, 0.1) is 0 Å². The average Bonchev–Trinajstić information content (AvgIpc) is 2.84. The smallest absolute Gasteiger partial charge is 0.323 e. The van der Waals surface area contributed by atoms with Crippen LogP contribution in [-0.4, -0.2) is 34.1 Å². The molecule has 0 bridgehead atoms. The van der Waals surface area contributed by atoms with E-state index in [4.69, 9.17) is 5.11 Å². The van der Waals surface area contributed by atoms with E-state index in [1.165, 1.54) is 5.56 Å². The molecule has 0 saturated carbocycles. The predicted octanol–water partition coefficient (Wildman–Crippen LogP) is 2.77. The summed E-state index contributed by atoms with van der Waals surface area (Å²) < 4.78 is 0. The molecule has 0 aromatic heterocycles. The lowest BCUT2D eigenvalue weighted by atomic mass is 10.1. The van der Waals surface area contributed by atoms with Crippen molar-refractivity contribution in [2.45, 2.75) is 13.3 Å². The Hall–Kier alpha value is -1.94. The van der Waals surface area contributed by atoms with E-state index >= 15 is 0 Å². The third-order valence-electron chi connectivity index (χ3n) is 3.00. The van der Waals surface area contributed by atoms with Crippen LogP contribution in [0.15, 0.2) is 42.9 Å². The highest BCUT2D eigenvalue weighted by Crippen LogP contribution is 2.10. The minimum atomic E-state index is -0.814. The van der Waals surface area contributed by atoms with Crippen molar-refractivity contribution < 1.29 is 9.90 Å². The van der Waals surface area contributed by atoms with Crippen molar-refractivity contribution in [3.63, 3.8) is 0 Å². The van der Waals surface area contributed by atoms with Gasteiger partial charge in [0.15, 0.2) is 0 Å². The van der Waals surface area contributed by atoms with Gasteiger partial charge in [-0.25, -0.2) is 0 Å². The van der Waals surface area contributed by atoms with Crippen molar-refractivity contribution in [1.29, 1.82) is 0 Å². The van der Waals surface area contributed by atoms with Gasteiger partial charge in [0.25, 0.3) is 0 Å². The van der Waals surface area contributed by atoms with Crippen LogP contribution in [0.4, 0.5) is 0 Å². The summed E-state index contributed by atoms with van der Waals surface area (Å²) in [5, 5.41) is 8.71. The lowest BCUT2D eigenvalue weighted by Crippen LogP contribution is -2.27. The first-order valence-corrected chi connectivity index (χ1v) is 6.34. The quantitative estimate of drug-likeness (QED) is 0.907. The van der Waals surface area contributed by atoms with Crippen LogP contribution in [0.2, 0.25) is 0 Å². The minimum Gasteiger partial charge on any atom is -0.480 e. The maximum Gasteiger partial charge on any atom is 0.323 e. The molecule has 0 spiro atoms. The van der Waals surface area contributed by atoms with Gasteiger partial charge in [-0.05, 0) is 23.6 Å². The molecule has 0 fully saturated rings. The van der Waals surface area contributed by atoms with Gasteiger partial charge in [0.05, 0.1) is 6.67 Å². The summed E-state index contributed by atoms with van der Waals surface area (Å²) in [6, 6.07) is 8.42. The molecule has 1 aliphatic rings. The van der Waals surface area contributed by atoms with E-state index in [2.05, 4.69) is 31.2 Å². The molecule has 1 aromatic rings. The van der Waals surface area contributed by atoms with Gasteiger partial charge >= 0.3 is 5.97 Å². The first kappa shape index (κ1) is 16.1. The van der Waals surface area contributed by atoms with Crippen molar-refractivity contribution in [2.24, 2.45) is 0 Å². The zero-order valence-electron chi connectivity index (χ0n) is 11.4. The molecule has 20 heavy (non-hydrogen) atoms. The Kier molecular flexibility index (Phi) is 6.12. The molecule has 0 atom stereocenters. The summed E-state index contributed by atoms with van der Waals surface area (Å²) in [5.74, 6) is -0.814. The predicted molar refractivity (Wildman–Crippen MR) is 82.3 cm³/mol. The normalized spacial score (nSPS) is 13.8. The van der Waals surface area contributed by atoms with Crippen molar-refractivity contribution in [2.75, 3.05) is 13.2 Å². The highest BCUT2D eigenvalue weighted by atomic mass is 35.5. The Balaban J connectivity index is 0.00000200. The highest BCUT2D eigenvalue weighted by Gasteiger charge is 2.12. The fraction of sp³-hybridized carbons (Fsp3) is 0.267. The first-order chi connectivity index (χ1) is 9.17. The van der Waals surface area contributed by atoms with E-state index in [0.717, 1.165) is 12.0 Å². The Morgan fingerprint density at radius 3 is 2.60 bits per heavy atom. The lowest BCUT2D eigenvalue weighted by Gasteiger charge is -2.16. The Bertz CT molecular complexity index is 497. The molecule has 0 amide bonds. The SMILES string of the molecule is CCc1ccc(C=CN2C=CN(CC(=O)O)C2)cc1.Cl. The van der Waals surface area contributed by atoms with E-state index in [1.807, 2.05) is 23.4 Å². The summed E-state index contributed by atoms with van der Waals surface area (Å²) in [7, 11) is 0. The van der Waals surface area contributed by atoms with Crippen molar-refractivity contribution in [3.05, 3.63) is 54.0 Å². The van der Waals surface area contributed by atoms with E-state index in [9.17, 15) is 4.79 Å². The van der Waals surface area contributed by atoms with Crippen LogP contribution >= 0.6 is 12.4 Å². The molecular weight excluding hydrogens is 276 g/mol. The Morgan fingerprint density at radius 2 is 2.00 bits per heavy atom. The molecule has 0 unspecified atom stereocenters. The second-order valence-corrected chi connectivity index (χ2v) is 4.51. The molecule has 4 nitrogen and oxygen atoms in total. The topological polar surface area (TPSA) is 43.8 Å². The average molecular weight is 295 g/mol. The number of aryl methyl sites for hydroxylation is 1. The monoisotopic (exact) mass is 294 g/mol. The van der Waals surface area contributed by atoms with Crippen LogP contribution in [0.1, 0.15) is 18.1 Å². The van der Waals surface area contributed by atoms with Crippen LogP contribution in [0.3, 0.4) is 0 Å². The third-order valence-corrected chi connectivity index (χ3v) is 3.00. The lowest BCUT2D eigenvalue weighted by molar-refractivity contribution is -0.137. The number of hydrogen-bond donors (Lipinski definition) is 1. The second-order valence-electron chi connectivity index (χ2n) is 4.51. The van der Waals surface area contributed by atoms with Gasteiger partial charge in [0.2, 0.25) is 0 Å². The van der Waals surface area contributed by atoms with Crippen LogP contribution in [0.25, 0.3) is 6.08 Å². The van der Waals surface area contributed by atoms with Crippen LogP contribution in [0.5, 0.6) is 0 Å². The van der Waals surface area contributed by atoms with Gasteiger partial charge < -0.3 is 14.9 Å². The van der Waals surface area contributed by atoms with Gasteiger partial charge in [-0.2, -0.15) is 0 Å². The van der Waals surface area contributed by atoms with Gasteiger partial charge in [0, 0.05) is 18.6 Å². The Labute approximate surface area is 125 Å². The van der Waals surface area contributed by atoms with E-state index in [1.54, 1.807) is 11.1 Å². The van der Waals surface area contributed by atoms with E-state index in [0.29, 0.717) is 6.67 Å². The number of rotatable bonds is 5. The summed E-state index contributed by atoms with van der Waals surface area (Å²) in [6.45, 7) is 2.75. The van der Waals surface area contributed by atoms with Crippen molar-refractivity contribution >= 4 is 24.5 Å². The summed E-state index contributed by atoms with van der Waals surface area (Å²) in [6.07, 6.45) is 8.69. The van der Waals surface area contributed by atoms with Gasteiger partial charge in [-0.1, -0.05) is 31.2 Å². The van der Waals surface area contributed by atoms with Gasteiger partial charge in [-0.3, -0.25) is 4.79 Å². The molecule has 1 aliphatic heterocycles. The third kappa shape index (κ3) is 4.63. The number of halogens is 1. The fourth-order valence-electron chi connectivity index (χ4n) is 1.90. The molecule has 2 rings (SSSR count). The fourth-order valence-corrected chi connectivity index (χ4v) is 1.90. The number of benzene rings is 1. The maximum absolute atomic E-state index is 10.6. The summed E-state index contributed by atoms with van der Waals surface area (Å²) in [5.41, 5.74) is 2.47. The van der Waals surface area contributed by atoms with E-state index in [-0.39, 0.29) is 19.0 Å². The van der Waals surface area contributed by atoms with Gasteiger partial charge in [0.1, 0.15) is 6.54 Å². The summed E-state index contributed by atoms with van der Waals surface area (Å²) in [4.78, 5) is 14.3. The first-order valence-electron chi connectivity index (χ1n) is 6.34. The number of carboxylic acid groups (broad SMARTS) is 1. The second kappa shape index (κ2) is 7.60. The Morgan fingerprint density at radius 1 is 1.30 bits per heavy atom. The number of carbonyl (C=O) groups is 1. The van der Waals surface area contributed by atoms with Crippen LogP contribution in [-0.2, 0) is 11.2 Å². The van der Waals surface area contributed by atoms with Crippen molar-refractivity contribution in [1.82, 2.24) is 9.80 Å². The molecule has 0 aliphatic carbocycles. The maximum atomic E-state index is 10.6. The van der Waals surface area contributed by atoms with E-state index < -0.39 is 5.97 Å². The summed E-state index contributed by atoms with van der Waals surface area (Å²) >= 11 is 0. The zero-order valence-corrected chi connectivity index (χ0v) is 12.2. The largest absolute Gasteiger partial charge is 0.480 e. The number of nitrogens with zero attached hydrogens (tertiary/aromatic N) is 2. The molecule has 0 saturated heterocycles. The van der Waals surface area contributed by atoms with Crippen LogP contribution < -0.4 is 0 Å². The number of hydrogen-bond acceptors (Lipinski definition) is 3. The standard InChI is InChI=1S/C15H18N2O2.ClH/c1-2-13-3-5-14(6-4-13)7-8-16-9-10-17(12-16)11-15(18)19;/h3-10H,2,11-12H2,1H3,(H,18,19);1H. The number of aliphatic carboxylic acids is 1. The number of carboxylic acids is 1.